The zero-order valence-electron chi connectivity index (χ0n) is 16.1. The lowest BCUT2D eigenvalue weighted by atomic mass is 9.97. The van der Waals surface area contributed by atoms with Gasteiger partial charge >= 0.3 is 0 Å². The molecule has 150 valence electrons. The minimum Gasteiger partial charge on any atom is -0.326 e. The van der Waals surface area contributed by atoms with Crippen LogP contribution in [0.5, 0.6) is 0 Å². The van der Waals surface area contributed by atoms with Crippen molar-refractivity contribution in [1.29, 1.82) is 0 Å². The second kappa shape index (κ2) is 8.41. The summed E-state index contributed by atoms with van der Waals surface area (Å²) in [5.74, 6) is -0.832. The van der Waals surface area contributed by atoms with Gasteiger partial charge < -0.3 is 5.32 Å². The van der Waals surface area contributed by atoms with E-state index in [1.54, 1.807) is 0 Å². The molecular formula is C21H25FN2O3S. The van der Waals surface area contributed by atoms with Crippen molar-refractivity contribution in [2.24, 2.45) is 5.92 Å². The van der Waals surface area contributed by atoms with Gasteiger partial charge in [0.25, 0.3) is 0 Å². The highest BCUT2D eigenvalue weighted by atomic mass is 32.2. The van der Waals surface area contributed by atoms with Gasteiger partial charge in [0.2, 0.25) is 15.9 Å². The number of rotatable bonds is 5. The van der Waals surface area contributed by atoms with Crippen LogP contribution in [-0.4, -0.2) is 31.7 Å². The highest BCUT2D eigenvalue weighted by molar-refractivity contribution is 7.88. The molecule has 0 aromatic heterocycles. The third-order valence-corrected chi connectivity index (χ3v) is 7.10. The fourth-order valence-corrected chi connectivity index (χ4v) is 4.91. The Morgan fingerprint density at radius 3 is 2.32 bits per heavy atom. The first-order valence-corrected chi connectivity index (χ1v) is 11.0. The molecule has 1 fully saturated rings. The predicted octanol–water partition coefficient (Wildman–Crippen LogP) is 3.62. The fraction of sp³-hybridized carbons (Fsp3) is 0.381. The Labute approximate surface area is 165 Å². The van der Waals surface area contributed by atoms with Crippen LogP contribution in [0.2, 0.25) is 0 Å². The standard InChI is InChI=1S/C21H25FN2O3S/c1-15-3-8-20(13-16(15)2)23-21(25)18-9-11-24(12-10-18)28(26,27)14-17-4-6-19(22)7-5-17/h3-8,13,18H,9-12,14H2,1-2H3,(H,23,25). The fourth-order valence-electron chi connectivity index (χ4n) is 3.34. The van der Waals surface area contributed by atoms with Gasteiger partial charge in [0.15, 0.2) is 0 Å². The van der Waals surface area contributed by atoms with Gasteiger partial charge in [-0.25, -0.2) is 17.1 Å². The van der Waals surface area contributed by atoms with E-state index in [2.05, 4.69) is 5.32 Å². The highest BCUT2D eigenvalue weighted by Crippen LogP contribution is 2.24. The van der Waals surface area contributed by atoms with Crippen molar-refractivity contribution < 1.29 is 17.6 Å². The number of halogens is 1. The third kappa shape index (κ3) is 4.97. The van der Waals surface area contributed by atoms with E-state index in [1.165, 1.54) is 28.6 Å². The molecule has 0 bridgehead atoms. The molecule has 1 saturated heterocycles. The Kier molecular flexibility index (Phi) is 6.15. The number of benzene rings is 2. The Morgan fingerprint density at radius 1 is 1.07 bits per heavy atom. The summed E-state index contributed by atoms with van der Waals surface area (Å²) in [7, 11) is -3.49. The molecule has 1 heterocycles. The molecule has 1 amide bonds. The summed E-state index contributed by atoms with van der Waals surface area (Å²) in [4.78, 5) is 12.5. The summed E-state index contributed by atoms with van der Waals surface area (Å²) in [5.41, 5.74) is 3.59. The van der Waals surface area contributed by atoms with Crippen LogP contribution in [0.15, 0.2) is 42.5 Å². The minimum atomic E-state index is -3.49. The number of anilines is 1. The predicted molar refractivity (Wildman–Crippen MR) is 108 cm³/mol. The van der Waals surface area contributed by atoms with Gasteiger partial charge in [-0.2, -0.15) is 0 Å². The molecule has 7 heteroatoms. The Hall–Kier alpha value is -2.25. The molecule has 0 aliphatic carbocycles. The van der Waals surface area contributed by atoms with Crippen LogP contribution >= 0.6 is 0 Å². The smallest absolute Gasteiger partial charge is 0.227 e. The van der Waals surface area contributed by atoms with Gasteiger partial charge in [-0.3, -0.25) is 4.79 Å². The number of carbonyl (C=O) groups excluding carboxylic acids is 1. The van der Waals surface area contributed by atoms with Crippen molar-refractivity contribution >= 4 is 21.6 Å². The summed E-state index contributed by atoms with van der Waals surface area (Å²) >= 11 is 0. The largest absolute Gasteiger partial charge is 0.326 e. The van der Waals surface area contributed by atoms with E-state index in [0.717, 1.165) is 16.8 Å². The molecule has 5 nitrogen and oxygen atoms in total. The van der Waals surface area contributed by atoms with Gasteiger partial charge in [-0.15, -0.1) is 0 Å². The lowest BCUT2D eigenvalue weighted by molar-refractivity contribution is -0.120. The second-order valence-electron chi connectivity index (χ2n) is 7.34. The number of carbonyl (C=O) groups is 1. The number of sulfonamides is 1. The monoisotopic (exact) mass is 404 g/mol. The summed E-state index contributed by atoms with van der Waals surface area (Å²) in [6.07, 6.45) is 0.971. The number of hydrogen-bond donors (Lipinski definition) is 1. The maximum atomic E-state index is 13.0. The highest BCUT2D eigenvalue weighted by Gasteiger charge is 2.31. The molecule has 2 aromatic rings. The summed E-state index contributed by atoms with van der Waals surface area (Å²) in [6.45, 7) is 4.64. The van der Waals surface area contributed by atoms with E-state index in [9.17, 15) is 17.6 Å². The first kappa shape index (κ1) is 20.5. The zero-order valence-corrected chi connectivity index (χ0v) is 16.9. The van der Waals surface area contributed by atoms with Crippen LogP contribution < -0.4 is 5.32 Å². The van der Waals surface area contributed by atoms with Crippen LogP contribution in [0.1, 0.15) is 29.5 Å². The van der Waals surface area contributed by atoms with Crippen molar-refractivity contribution in [2.75, 3.05) is 18.4 Å². The molecule has 0 radical (unpaired) electrons. The molecule has 2 aromatic carbocycles. The normalized spacial score (nSPS) is 16.1. The van der Waals surface area contributed by atoms with Crippen LogP contribution in [0, 0.1) is 25.6 Å². The summed E-state index contributed by atoms with van der Waals surface area (Å²) in [5, 5.41) is 2.94. The number of aryl methyl sites for hydroxylation is 2. The van der Waals surface area contributed by atoms with Gasteiger partial charge in [-0.05, 0) is 67.6 Å². The Morgan fingerprint density at radius 2 is 1.71 bits per heavy atom. The maximum Gasteiger partial charge on any atom is 0.227 e. The van der Waals surface area contributed by atoms with Crippen molar-refractivity contribution in [3.05, 3.63) is 65.0 Å². The molecule has 3 rings (SSSR count). The van der Waals surface area contributed by atoms with E-state index in [1.807, 2.05) is 32.0 Å². The van der Waals surface area contributed by atoms with E-state index in [0.29, 0.717) is 31.5 Å². The number of nitrogens with one attached hydrogen (secondary N) is 1. The minimum absolute atomic E-state index is 0.0705. The average Bonchev–Trinajstić information content (AvgIpc) is 2.66. The molecule has 1 aliphatic rings. The van der Waals surface area contributed by atoms with Crippen molar-refractivity contribution in [2.45, 2.75) is 32.4 Å². The van der Waals surface area contributed by atoms with E-state index in [-0.39, 0.29) is 17.6 Å². The first-order valence-electron chi connectivity index (χ1n) is 9.35. The number of hydrogen-bond acceptors (Lipinski definition) is 3. The van der Waals surface area contributed by atoms with Crippen molar-refractivity contribution in [3.63, 3.8) is 0 Å². The molecular weight excluding hydrogens is 379 g/mol. The van der Waals surface area contributed by atoms with E-state index >= 15 is 0 Å². The van der Waals surface area contributed by atoms with Crippen LogP contribution in [0.4, 0.5) is 10.1 Å². The molecule has 1 aliphatic heterocycles. The second-order valence-corrected chi connectivity index (χ2v) is 9.31. The topological polar surface area (TPSA) is 66.5 Å². The third-order valence-electron chi connectivity index (χ3n) is 5.25. The molecule has 28 heavy (non-hydrogen) atoms. The molecule has 0 saturated carbocycles. The van der Waals surface area contributed by atoms with Crippen molar-refractivity contribution in [3.8, 4) is 0 Å². The van der Waals surface area contributed by atoms with Crippen LogP contribution in [0.3, 0.4) is 0 Å². The SMILES string of the molecule is Cc1ccc(NC(=O)C2CCN(S(=O)(=O)Cc3ccc(F)cc3)CC2)cc1C. The Bertz CT molecular complexity index is 950. The van der Waals surface area contributed by atoms with Gasteiger partial charge in [0.05, 0.1) is 5.75 Å². The van der Waals surface area contributed by atoms with Gasteiger partial charge in [0, 0.05) is 24.7 Å². The maximum absolute atomic E-state index is 13.0. The molecule has 0 unspecified atom stereocenters. The number of amides is 1. The molecule has 1 N–H and O–H groups in total. The van der Waals surface area contributed by atoms with Crippen molar-refractivity contribution in [1.82, 2.24) is 4.31 Å². The molecule has 0 atom stereocenters. The average molecular weight is 405 g/mol. The van der Waals surface area contributed by atoms with Crippen LogP contribution in [0.25, 0.3) is 0 Å². The van der Waals surface area contributed by atoms with Gasteiger partial charge in [-0.1, -0.05) is 18.2 Å². The summed E-state index contributed by atoms with van der Waals surface area (Å²) < 4.78 is 39.6. The quantitative estimate of drug-likeness (QED) is 0.828. The molecule has 0 spiro atoms. The zero-order chi connectivity index (χ0) is 20.3. The first-order chi connectivity index (χ1) is 13.2. The number of nitrogens with zero attached hydrogens (tertiary/aromatic N) is 1. The Balaban J connectivity index is 1.56. The lowest BCUT2D eigenvalue weighted by Gasteiger charge is -2.30. The summed E-state index contributed by atoms with van der Waals surface area (Å²) in [6, 6.07) is 11.3. The number of piperidine rings is 1. The van der Waals surface area contributed by atoms with E-state index < -0.39 is 15.8 Å². The lowest BCUT2D eigenvalue weighted by Crippen LogP contribution is -2.41. The van der Waals surface area contributed by atoms with Crippen LogP contribution in [-0.2, 0) is 20.6 Å². The van der Waals surface area contributed by atoms with Gasteiger partial charge in [0.1, 0.15) is 5.82 Å². The van der Waals surface area contributed by atoms with E-state index in [4.69, 9.17) is 0 Å².